The maximum Gasteiger partial charge on any atom is 0.234 e. The van der Waals surface area contributed by atoms with Crippen molar-refractivity contribution in [3.05, 3.63) is 61.4 Å². The number of rotatable bonds is 5. The van der Waals surface area contributed by atoms with E-state index < -0.39 is 0 Å². The molecule has 2 aromatic carbocycles. The Balaban J connectivity index is 1.74. The van der Waals surface area contributed by atoms with E-state index in [1.54, 1.807) is 0 Å². The largest absolute Gasteiger partial charge is 0.325 e. The number of hydrogen-bond acceptors (Lipinski definition) is 4. The highest BCUT2D eigenvalue weighted by Crippen LogP contribution is 2.41. The maximum atomic E-state index is 12.3. The molecule has 3 rings (SSSR count). The molecule has 0 atom stereocenters. The number of thioether (sulfide) groups is 1. The van der Waals surface area contributed by atoms with Crippen molar-refractivity contribution in [3.63, 3.8) is 0 Å². The van der Waals surface area contributed by atoms with Crippen LogP contribution in [0.4, 0.5) is 5.69 Å². The minimum Gasteiger partial charge on any atom is -0.325 e. The first-order chi connectivity index (χ1) is 12.4. The summed E-state index contributed by atoms with van der Waals surface area (Å²) in [5.41, 5.74) is 3.59. The first-order valence-electron chi connectivity index (χ1n) is 7.54. The van der Waals surface area contributed by atoms with Crippen molar-refractivity contribution in [1.29, 1.82) is 0 Å². The number of aryl methyl sites for hydroxylation is 1. The van der Waals surface area contributed by atoms with Gasteiger partial charge in [-0.05, 0) is 30.7 Å². The summed E-state index contributed by atoms with van der Waals surface area (Å²) in [6, 6.07) is 13.6. The fourth-order valence-corrected chi connectivity index (χ4v) is 5.77. The maximum absolute atomic E-state index is 12.3. The number of halogens is 3. The lowest BCUT2D eigenvalue weighted by Gasteiger charge is -2.08. The Kier molecular flexibility index (Phi) is 6.80. The second kappa shape index (κ2) is 8.89. The summed E-state index contributed by atoms with van der Waals surface area (Å²) >= 11 is 16.0. The van der Waals surface area contributed by atoms with Crippen LogP contribution in [0, 0.1) is 6.92 Å². The van der Waals surface area contributed by atoms with Gasteiger partial charge in [-0.25, -0.2) is 4.98 Å². The number of benzene rings is 2. The van der Waals surface area contributed by atoms with Gasteiger partial charge in [-0.3, -0.25) is 4.79 Å². The topological polar surface area (TPSA) is 42.0 Å². The summed E-state index contributed by atoms with van der Waals surface area (Å²) in [4.78, 5) is 16.7. The Bertz CT molecular complexity index is 962. The van der Waals surface area contributed by atoms with Gasteiger partial charge in [-0.2, -0.15) is 0 Å². The zero-order valence-corrected chi connectivity index (χ0v) is 19.1. The van der Waals surface area contributed by atoms with Crippen LogP contribution in [0.2, 0.25) is 4.47 Å². The fraction of sp³-hybridized carbons (Fsp3) is 0.111. The number of aromatic nitrogens is 1. The number of hydrogen-bond donors (Lipinski definition) is 1. The van der Waals surface area contributed by atoms with Crippen LogP contribution in [0.15, 0.2) is 55.6 Å². The van der Waals surface area contributed by atoms with E-state index in [-0.39, 0.29) is 11.7 Å². The first kappa shape index (κ1) is 19.9. The number of nitrogens with one attached hydrogen (secondary N) is 1. The van der Waals surface area contributed by atoms with E-state index in [1.165, 1.54) is 23.1 Å². The van der Waals surface area contributed by atoms with Crippen molar-refractivity contribution in [3.8, 4) is 11.3 Å². The van der Waals surface area contributed by atoms with E-state index in [1.807, 2.05) is 49.4 Å². The van der Waals surface area contributed by atoms with Gasteiger partial charge < -0.3 is 5.32 Å². The SMILES string of the molecule is Cc1ccccc1NC(=O)CSc1sc(Cl)nc1-c1ccc(Br)cc1Br. The van der Waals surface area contributed by atoms with Crippen LogP contribution in [-0.2, 0) is 4.79 Å². The Morgan fingerprint density at radius 2 is 2.04 bits per heavy atom. The number of para-hydroxylation sites is 1. The van der Waals surface area contributed by atoms with Gasteiger partial charge in [0.2, 0.25) is 5.91 Å². The van der Waals surface area contributed by atoms with Gasteiger partial charge in [0.05, 0.1) is 15.7 Å². The number of amides is 1. The van der Waals surface area contributed by atoms with Crippen LogP contribution < -0.4 is 5.32 Å². The van der Waals surface area contributed by atoms with Gasteiger partial charge >= 0.3 is 0 Å². The van der Waals surface area contributed by atoms with Crippen molar-refractivity contribution in [2.75, 3.05) is 11.1 Å². The van der Waals surface area contributed by atoms with Gasteiger partial charge in [0, 0.05) is 20.2 Å². The van der Waals surface area contributed by atoms with E-state index in [0.29, 0.717) is 4.47 Å². The van der Waals surface area contributed by atoms with Gasteiger partial charge in [0.1, 0.15) is 0 Å². The molecular weight excluding hydrogens is 520 g/mol. The van der Waals surface area contributed by atoms with E-state index in [9.17, 15) is 4.79 Å². The quantitative estimate of drug-likeness (QED) is 0.359. The molecule has 0 saturated carbocycles. The van der Waals surface area contributed by atoms with Crippen molar-refractivity contribution in [1.82, 2.24) is 4.98 Å². The number of thiazole rings is 1. The van der Waals surface area contributed by atoms with E-state index in [2.05, 4.69) is 42.2 Å². The third-order valence-corrected chi connectivity index (χ3v) is 7.08. The molecule has 1 amide bonds. The standard InChI is InChI=1S/C18H13Br2ClN2OS2/c1-10-4-2-3-5-14(10)22-15(24)9-25-17-16(23-18(21)26-17)12-7-6-11(19)8-13(12)20/h2-8H,9H2,1H3,(H,22,24). The monoisotopic (exact) mass is 530 g/mol. The summed E-state index contributed by atoms with van der Waals surface area (Å²) < 4.78 is 3.26. The zero-order chi connectivity index (χ0) is 18.7. The summed E-state index contributed by atoms with van der Waals surface area (Å²) in [6.45, 7) is 1.97. The minimum absolute atomic E-state index is 0.0605. The Hall–Kier alpha value is -0.860. The molecule has 8 heteroatoms. The van der Waals surface area contributed by atoms with Crippen LogP contribution in [0.5, 0.6) is 0 Å². The number of anilines is 1. The van der Waals surface area contributed by atoms with Gasteiger partial charge in [0.25, 0.3) is 0 Å². The summed E-state index contributed by atoms with van der Waals surface area (Å²) in [5, 5.41) is 2.94. The molecule has 0 spiro atoms. The van der Waals surface area contributed by atoms with Crippen molar-refractivity contribution in [2.45, 2.75) is 11.1 Å². The molecule has 0 radical (unpaired) electrons. The van der Waals surface area contributed by atoms with Crippen LogP contribution >= 0.6 is 66.6 Å². The minimum atomic E-state index is -0.0605. The van der Waals surface area contributed by atoms with E-state index >= 15 is 0 Å². The third kappa shape index (κ3) is 4.89. The lowest BCUT2D eigenvalue weighted by atomic mass is 10.2. The molecule has 1 heterocycles. The highest BCUT2D eigenvalue weighted by atomic mass is 79.9. The van der Waals surface area contributed by atoms with Gasteiger partial charge in [-0.1, -0.05) is 79.1 Å². The Morgan fingerprint density at radius 3 is 2.77 bits per heavy atom. The Labute approximate surface area is 181 Å². The van der Waals surface area contributed by atoms with Crippen LogP contribution in [0.1, 0.15) is 5.56 Å². The van der Waals surface area contributed by atoms with E-state index in [4.69, 9.17) is 11.6 Å². The predicted molar refractivity (Wildman–Crippen MR) is 118 cm³/mol. The van der Waals surface area contributed by atoms with Gasteiger partial charge in [-0.15, -0.1) is 11.8 Å². The first-order valence-corrected chi connectivity index (χ1v) is 11.3. The second-order valence-electron chi connectivity index (χ2n) is 5.38. The third-order valence-electron chi connectivity index (χ3n) is 3.51. The lowest BCUT2D eigenvalue weighted by molar-refractivity contribution is -0.113. The average Bonchev–Trinajstić information content (AvgIpc) is 2.95. The molecule has 3 nitrogen and oxygen atoms in total. The summed E-state index contributed by atoms with van der Waals surface area (Å²) in [5.74, 6) is 0.225. The smallest absolute Gasteiger partial charge is 0.234 e. The van der Waals surface area contributed by atoms with Crippen LogP contribution in [0.25, 0.3) is 11.3 Å². The highest BCUT2D eigenvalue weighted by Gasteiger charge is 2.17. The van der Waals surface area contributed by atoms with Crippen LogP contribution in [0.3, 0.4) is 0 Å². The van der Waals surface area contributed by atoms with Gasteiger partial charge in [0.15, 0.2) is 4.47 Å². The predicted octanol–water partition coefficient (Wildman–Crippen LogP) is 7.03. The molecule has 134 valence electrons. The van der Waals surface area contributed by atoms with Crippen molar-refractivity contribution >= 4 is 78.2 Å². The normalized spacial score (nSPS) is 10.8. The zero-order valence-electron chi connectivity index (χ0n) is 13.6. The molecule has 0 aliphatic rings. The average molecular weight is 533 g/mol. The highest BCUT2D eigenvalue weighted by molar-refractivity contribution is 9.11. The molecule has 26 heavy (non-hydrogen) atoms. The molecule has 0 fully saturated rings. The molecule has 0 saturated heterocycles. The molecule has 1 aromatic heterocycles. The number of carbonyl (C=O) groups is 1. The second-order valence-corrected chi connectivity index (χ2v) is 9.97. The Morgan fingerprint density at radius 1 is 1.27 bits per heavy atom. The molecule has 0 aliphatic heterocycles. The molecule has 3 aromatic rings. The van der Waals surface area contributed by atoms with Crippen LogP contribution in [-0.4, -0.2) is 16.6 Å². The molecule has 0 bridgehead atoms. The van der Waals surface area contributed by atoms with Crippen molar-refractivity contribution in [2.24, 2.45) is 0 Å². The van der Waals surface area contributed by atoms with E-state index in [0.717, 1.165) is 35.7 Å². The fourth-order valence-electron chi connectivity index (χ4n) is 2.26. The molecule has 1 N–H and O–H groups in total. The number of nitrogens with zero attached hydrogens (tertiary/aromatic N) is 1. The molecule has 0 unspecified atom stereocenters. The molecular formula is C18H13Br2ClN2OS2. The lowest BCUT2D eigenvalue weighted by Crippen LogP contribution is -2.14. The summed E-state index contributed by atoms with van der Waals surface area (Å²) in [6.07, 6.45) is 0. The number of carbonyl (C=O) groups excluding carboxylic acids is 1. The van der Waals surface area contributed by atoms with Crippen molar-refractivity contribution < 1.29 is 4.79 Å². The molecule has 0 aliphatic carbocycles. The summed E-state index contributed by atoms with van der Waals surface area (Å²) in [7, 11) is 0.